The van der Waals surface area contributed by atoms with E-state index in [1.165, 1.54) is 11.3 Å². The number of aryl methyl sites for hydroxylation is 1. The van der Waals surface area contributed by atoms with Crippen LogP contribution in [-0.4, -0.2) is 7.11 Å². The van der Waals surface area contributed by atoms with Crippen molar-refractivity contribution < 1.29 is 9.30 Å². The lowest BCUT2D eigenvalue weighted by Crippen LogP contribution is -2.30. The molecule has 1 heterocycles. The molecule has 0 bridgehead atoms. The van der Waals surface area contributed by atoms with Crippen molar-refractivity contribution in [1.29, 1.82) is 0 Å². The van der Waals surface area contributed by atoms with Crippen LogP contribution in [0.1, 0.15) is 12.1 Å². The van der Waals surface area contributed by atoms with Crippen molar-refractivity contribution >= 4 is 6.08 Å². The van der Waals surface area contributed by atoms with E-state index in [1.54, 1.807) is 7.11 Å². The SMILES string of the molecule is COC1=CC=CCC(/C=C/c2cccc[n+]2C)=C1. The van der Waals surface area contributed by atoms with Gasteiger partial charge in [0.1, 0.15) is 12.8 Å². The number of nitrogens with zero attached hydrogens (tertiary/aromatic N) is 1. The highest BCUT2D eigenvalue weighted by Crippen LogP contribution is 2.14. The van der Waals surface area contributed by atoms with E-state index in [9.17, 15) is 0 Å². The maximum Gasteiger partial charge on any atom is 0.204 e. The average molecular weight is 240 g/mol. The van der Waals surface area contributed by atoms with Crippen molar-refractivity contribution in [3.05, 3.63) is 71.8 Å². The van der Waals surface area contributed by atoms with Crippen molar-refractivity contribution in [2.75, 3.05) is 7.11 Å². The smallest absolute Gasteiger partial charge is 0.204 e. The van der Waals surface area contributed by atoms with Gasteiger partial charge < -0.3 is 4.74 Å². The molecule has 1 aliphatic carbocycles. The fourth-order valence-electron chi connectivity index (χ4n) is 1.80. The van der Waals surface area contributed by atoms with Crippen LogP contribution in [0.5, 0.6) is 0 Å². The fourth-order valence-corrected chi connectivity index (χ4v) is 1.80. The van der Waals surface area contributed by atoms with E-state index in [0.29, 0.717) is 0 Å². The molecule has 1 aromatic rings. The minimum atomic E-state index is 0.890. The maximum atomic E-state index is 5.27. The van der Waals surface area contributed by atoms with Gasteiger partial charge >= 0.3 is 0 Å². The molecule has 0 N–H and O–H groups in total. The molecule has 0 atom stereocenters. The van der Waals surface area contributed by atoms with Gasteiger partial charge in [-0.25, -0.2) is 4.57 Å². The van der Waals surface area contributed by atoms with Crippen molar-refractivity contribution in [2.24, 2.45) is 7.05 Å². The van der Waals surface area contributed by atoms with Gasteiger partial charge in [-0.15, -0.1) is 0 Å². The first-order valence-corrected chi connectivity index (χ1v) is 6.04. The number of aromatic nitrogens is 1. The van der Waals surface area contributed by atoms with E-state index in [4.69, 9.17) is 4.74 Å². The van der Waals surface area contributed by atoms with Gasteiger partial charge in [0.2, 0.25) is 5.69 Å². The fraction of sp³-hybridized carbons (Fsp3) is 0.188. The first-order valence-electron chi connectivity index (χ1n) is 6.04. The van der Waals surface area contributed by atoms with E-state index >= 15 is 0 Å². The van der Waals surface area contributed by atoms with Crippen LogP contribution >= 0.6 is 0 Å². The highest BCUT2D eigenvalue weighted by Gasteiger charge is 2.01. The molecule has 2 heteroatoms. The van der Waals surface area contributed by atoms with Crippen molar-refractivity contribution in [1.82, 2.24) is 0 Å². The van der Waals surface area contributed by atoms with Gasteiger partial charge in [-0.3, -0.25) is 0 Å². The Morgan fingerprint density at radius 3 is 2.94 bits per heavy atom. The Balaban J connectivity index is 2.19. The number of allylic oxidation sites excluding steroid dienone is 6. The minimum absolute atomic E-state index is 0.890. The third-order valence-electron chi connectivity index (χ3n) is 2.88. The van der Waals surface area contributed by atoms with E-state index < -0.39 is 0 Å². The Labute approximate surface area is 108 Å². The summed E-state index contributed by atoms with van der Waals surface area (Å²) in [5.74, 6) is 0.890. The molecule has 0 fully saturated rings. The number of rotatable bonds is 3. The summed E-state index contributed by atoms with van der Waals surface area (Å²) in [5.41, 5.74) is 2.41. The third-order valence-corrected chi connectivity index (χ3v) is 2.88. The zero-order valence-corrected chi connectivity index (χ0v) is 10.8. The van der Waals surface area contributed by atoms with Crippen LogP contribution in [-0.2, 0) is 11.8 Å². The van der Waals surface area contributed by atoms with Crippen LogP contribution in [0.3, 0.4) is 0 Å². The summed E-state index contributed by atoms with van der Waals surface area (Å²) < 4.78 is 7.37. The first kappa shape index (κ1) is 12.4. The highest BCUT2D eigenvalue weighted by molar-refractivity contribution is 5.49. The maximum absolute atomic E-state index is 5.27. The Bertz CT molecular complexity index is 536. The van der Waals surface area contributed by atoms with Crippen LogP contribution in [0, 0.1) is 0 Å². The molecule has 0 saturated carbocycles. The Morgan fingerprint density at radius 2 is 2.17 bits per heavy atom. The molecule has 0 radical (unpaired) electrons. The number of hydrogen-bond donors (Lipinski definition) is 0. The van der Waals surface area contributed by atoms with Crippen LogP contribution in [0.4, 0.5) is 0 Å². The topological polar surface area (TPSA) is 13.1 Å². The Morgan fingerprint density at radius 1 is 1.28 bits per heavy atom. The van der Waals surface area contributed by atoms with Gasteiger partial charge in [-0.05, 0) is 30.2 Å². The van der Waals surface area contributed by atoms with Crippen LogP contribution < -0.4 is 4.57 Å². The summed E-state index contributed by atoms with van der Waals surface area (Å²) in [6.45, 7) is 0. The van der Waals surface area contributed by atoms with Crippen molar-refractivity contribution in [2.45, 2.75) is 6.42 Å². The molecule has 2 rings (SSSR count). The molecule has 2 nitrogen and oxygen atoms in total. The summed E-state index contributed by atoms with van der Waals surface area (Å²) in [6.07, 6.45) is 15.4. The standard InChI is InChI=1S/C16H18NO/c1-17-12-6-5-8-15(17)11-10-14-7-3-4-9-16(13-14)18-2/h3-6,8-13H,7H2,1-2H3/q+1/b11-10+. The van der Waals surface area contributed by atoms with Gasteiger partial charge in [-0.1, -0.05) is 18.2 Å². The Kier molecular flexibility index (Phi) is 4.13. The molecular weight excluding hydrogens is 222 g/mol. The van der Waals surface area contributed by atoms with E-state index in [-0.39, 0.29) is 0 Å². The number of pyridine rings is 1. The monoisotopic (exact) mass is 240 g/mol. The van der Waals surface area contributed by atoms with Crippen molar-refractivity contribution in [3.63, 3.8) is 0 Å². The minimum Gasteiger partial charge on any atom is -0.497 e. The molecule has 0 spiro atoms. The van der Waals surface area contributed by atoms with Crippen LogP contribution in [0.25, 0.3) is 6.08 Å². The second-order valence-corrected chi connectivity index (χ2v) is 4.19. The molecule has 0 amide bonds. The molecular formula is C16H18NO+. The molecule has 0 aliphatic heterocycles. The van der Waals surface area contributed by atoms with E-state index in [1.807, 2.05) is 37.5 Å². The average Bonchev–Trinajstić information content (AvgIpc) is 2.63. The lowest BCUT2D eigenvalue weighted by Gasteiger charge is -2.00. The largest absolute Gasteiger partial charge is 0.497 e. The van der Waals surface area contributed by atoms with Crippen molar-refractivity contribution in [3.8, 4) is 0 Å². The molecule has 18 heavy (non-hydrogen) atoms. The van der Waals surface area contributed by atoms with Crippen LogP contribution in [0.2, 0.25) is 0 Å². The van der Waals surface area contributed by atoms with Gasteiger partial charge in [0.25, 0.3) is 0 Å². The molecule has 0 saturated heterocycles. The lowest BCUT2D eigenvalue weighted by molar-refractivity contribution is -0.673. The highest BCUT2D eigenvalue weighted by atomic mass is 16.5. The molecule has 92 valence electrons. The predicted molar refractivity (Wildman–Crippen MR) is 73.6 cm³/mol. The summed E-state index contributed by atoms with van der Waals surface area (Å²) in [5, 5.41) is 0. The number of ether oxygens (including phenoxy) is 1. The molecule has 1 aliphatic rings. The van der Waals surface area contributed by atoms with Gasteiger partial charge in [0, 0.05) is 18.2 Å². The van der Waals surface area contributed by atoms with Gasteiger partial charge in [0.05, 0.1) is 7.11 Å². The normalized spacial score (nSPS) is 15.2. The number of methoxy groups -OCH3 is 1. The first-order chi connectivity index (χ1) is 8.79. The van der Waals surface area contributed by atoms with E-state index in [0.717, 1.165) is 12.2 Å². The van der Waals surface area contributed by atoms with Crippen LogP contribution in [0.15, 0.2) is 66.1 Å². The number of hydrogen-bond acceptors (Lipinski definition) is 1. The second kappa shape index (κ2) is 6.01. The third kappa shape index (κ3) is 3.20. The summed E-state index contributed by atoms with van der Waals surface area (Å²) in [6, 6.07) is 6.16. The summed E-state index contributed by atoms with van der Waals surface area (Å²) in [7, 11) is 3.74. The molecule has 0 unspecified atom stereocenters. The van der Waals surface area contributed by atoms with E-state index in [2.05, 4.69) is 34.9 Å². The Hall–Kier alpha value is -2.09. The van der Waals surface area contributed by atoms with Gasteiger partial charge in [-0.2, -0.15) is 0 Å². The zero-order valence-electron chi connectivity index (χ0n) is 10.8. The van der Waals surface area contributed by atoms with Gasteiger partial charge in [0.15, 0.2) is 6.20 Å². The summed E-state index contributed by atoms with van der Waals surface area (Å²) in [4.78, 5) is 0. The molecule has 1 aromatic heterocycles. The predicted octanol–water partition coefficient (Wildman–Crippen LogP) is 2.94. The second-order valence-electron chi connectivity index (χ2n) is 4.19. The summed E-state index contributed by atoms with van der Waals surface area (Å²) >= 11 is 0. The zero-order chi connectivity index (χ0) is 12.8. The quantitative estimate of drug-likeness (QED) is 0.740. The molecule has 0 aromatic carbocycles. The lowest BCUT2D eigenvalue weighted by atomic mass is 10.1.